The van der Waals surface area contributed by atoms with Gasteiger partial charge >= 0.3 is 6.18 Å². The fourth-order valence-electron chi connectivity index (χ4n) is 2.00. The normalized spacial score (nSPS) is 21.9. The maximum Gasteiger partial charge on any atom is 0.416 e. The van der Waals surface area contributed by atoms with Gasteiger partial charge in [-0.1, -0.05) is 12.1 Å². The average Bonchev–Trinajstić information content (AvgIpc) is 2.69. The van der Waals surface area contributed by atoms with E-state index in [1.807, 2.05) is 0 Å². The number of hydrogen-bond donors (Lipinski definition) is 1. The highest BCUT2D eigenvalue weighted by molar-refractivity contribution is 5.26. The fraction of sp³-hybridized carbons (Fsp3) is 0.455. The van der Waals surface area contributed by atoms with Crippen LogP contribution in [0.2, 0.25) is 0 Å². The fourth-order valence-corrected chi connectivity index (χ4v) is 2.00. The average molecular weight is 216 g/mol. The Hall–Kier alpha value is -1.03. The zero-order valence-corrected chi connectivity index (χ0v) is 8.22. The second-order valence-corrected chi connectivity index (χ2v) is 3.89. The summed E-state index contributed by atoms with van der Waals surface area (Å²) < 4.78 is 36.9. The first-order chi connectivity index (χ1) is 7.07. The summed E-state index contributed by atoms with van der Waals surface area (Å²) in [6.07, 6.45) is -2.02. The van der Waals surface area contributed by atoms with Gasteiger partial charge in [-0.05, 0) is 12.1 Å². The number of quaternary nitrogens is 1. The summed E-state index contributed by atoms with van der Waals surface area (Å²) in [5.41, 5.74) is 0.435. The molecule has 2 rings (SSSR count). The minimum Gasteiger partial charge on any atom is -0.340 e. The third-order valence-corrected chi connectivity index (χ3v) is 2.84. The summed E-state index contributed by atoms with van der Waals surface area (Å²) in [6.45, 7) is 1.08. The largest absolute Gasteiger partial charge is 0.416 e. The standard InChI is InChI=1S/C11H12F3N/c12-11(13,14)9-5-3-8(4-6-9)10-2-1-7-15-10/h3-6,10,15H,1-2,7H2/p+1/t10-/m0/s1. The molecule has 1 fully saturated rings. The van der Waals surface area contributed by atoms with Crippen molar-refractivity contribution in [2.45, 2.75) is 25.1 Å². The number of rotatable bonds is 1. The first kappa shape index (κ1) is 10.5. The first-order valence-electron chi connectivity index (χ1n) is 5.08. The minimum atomic E-state index is -4.22. The SMILES string of the molecule is FC(F)(F)c1ccc([C@@H]2CCC[NH2+]2)cc1. The van der Waals surface area contributed by atoms with Crippen LogP contribution in [0.5, 0.6) is 0 Å². The van der Waals surface area contributed by atoms with Crippen LogP contribution in [0, 0.1) is 0 Å². The highest BCUT2D eigenvalue weighted by Crippen LogP contribution is 2.30. The van der Waals surface area contributed by atoms with Crippen molar-refractivity contribution in [1.29, 1.82) is 0 Å². The van der Waals surface area contributed by atoms with E-state index in [9.17, 15) is 13.2 Å². The van der Waals surface area contributed by atoms with Crippen LogP contribution in [0.1, 0.15) is 30.0 Å². The predicted molar refractivity (Wildman–Crippen MR) is 50.2 cm³/mol. The van der Waals surface area contributed by atoms with Crippen molar-refractivity contribution in [2.24, 2.45) is 0 Å². The topological polar surface area (TPSA) is 16.6 Å². The van der Waals surface area contributed by atoms with Crippen LogP contribution in [0.4, 0.5) is 13.2 Å². The summed E-state index contributed by atoms with van der Waals surface area (Å²) in [6, 6.07) is 5.88. The van der Waals surface area contributed by atoms with E-state index in [-0.39, 0.29) is 0 Å². The molecule has 0 unspecified atom stereocenters. The van der Waals surface area contributed by atoms with Gasteiger partial charge in [0.05, 0.1) is 12.1 Å². The monoisotopic (exact) mass is 216 g/mol. The van der Waals surface area contributed by atoms with E-state index in [4.69, 9.17) is 0 Å². The summed E-state index contributed by atoms with van der Waals surface area (Å²) in [5.74, 6) is 0. The molecule has 15 heavy (non-hydrogen) atoms. The number of benzene rings is 1. The summed E-state index contributed by atoms with van der Waals surface area (Å²) >= 11 is 0. The molecule has 1 heterocycles. The predicted octanol–water partition coefficient (Wildman–Crippen LogP) is 2.10. The first-order valence-corrected chi connectivity index (χ1v) is 5.08. The third-order valence-electron chi connectivity index (χ3n) is 2.84. The van der Waals surface area contributed by atoms with Crippen LogP contribution in [0.3, 0.4) is 0 Å². The Bertz CT molecular complexity index is 323. The van der Waals surface area contributed by atoms with E-state index in [1.165, 1.54) is 12.1 Å². The lowest BCUT2D eigenvalue weighted by Crippen LogP contribution is -2.81. The van der Waals surface area contributed by atoms with Crippen LogP contribution in [0.15, 0.2) is 24.3 Å². The molecule has 1 aliphatic rings. The highest BCUT2D eigenvalue weighted by atomic mass is 19.4. The Kier molecular flexibility index (Phi) is 2.69. The number of alkyl halides is 3. The smallest absolute Gasteiger partial charge is 0.340 e. The van der Waals surface area contributed by atoms with Crippen molar-refractivity contribution in [3.63, 3.8) is 0 Å². The number of hydrogen-bond acceptors (Lipinski definition) is 0. The molecular formula is C11H13F3N+. The molecule has 1 aromatic carbocycles. The molecule has 1 saturated heterocycles. The molecule has 0 saturated carbocycles. The Labute approximate surface area is 86.3 Å². The van der Waals surface area contributed by atoms with E-state index in [0.717, 1.165) is 24.9 Å². The van der Waals surface area contributed by atoms with Gasteiger partial charge in [-0.2, -0.15) is 13.2 Å². The molecule has 0 aliphatic carbocycles. The van der Waals surface area contributed by atoms with Crippen LogP contribution in [-0.4, -0.2) is 6.54 Å². The van der Waals surface area contributed by atoms with Crippen molar-refractivity contribution < 1.29 is 18.5 Å². The van der Waals surface area contributed by atoms with E-state index in [1.54, 1.807) is 12.1 Å². The van der Waals surface area contributed by atoms with Crippen molar-refractivity contribution >= 4 is 0 Å². The Morgan fingerprint density at radius 3 is 2.27 bits per heavy atom. The zero-order valence-electron chi connectivity index (χ0n) is 8.22. The molecule has 82 valence electrons. The van der Waals surface area contributed by atoms with E-state index in [2.05, 4.69) is 5.32 Å². The molecule has 1 atom stereocenters. The maximum absolute atomic E-state index is 12.3. The lowest BCUT2D eigenvalue weighted by atomic mass is 10.0. The summed E-state index contributed by atoms with van der Waals surface area (Å²) in [7, 11) is 0. The molecule has 1 nitrogen and oxygen atoms in total. The van der Waals surface area contributed by atoms with E-state index in [0.29, 0.717) is 6.04 Å². The minimum absolute atomic E-state index is 0.354. The Morgan fingerprint density at radius 1 is 1.13 bits per heavy atom. The molecule has 0 aromatic heterocycles. The number of nitrogens with two attached hydrogens (primary N) is 1. The van der Waals surface area contributed by atoms with Crippen molar-refractivity contribution in [2.75, 3.05) is 6.54 Å². The quantitative estimate of drug-likeness (QED) is 0.740. The summed E-state index contributed by atoms with van der Waals surface area (Å²) in [4.78, 5) is 0. The van der Waals surface area contributed by atoms with E-state index < -0.39 is 11.7 Å². The van der Waals surface area contributed by atoms with Gasteiger partial charge < -0.3 is 5.32 Å². The third kappa shape index (κ3) is 2.31. The Morgan fingerprint density at radius 2 is 1.80 bits per heavy atom. The van der Waals surface area contributed by atoms with Gasteiger partial charge in [-0.3, -0.25) is 0 Å². The van der Waals surface area contributed by atoms with Gasteiger partial charge in [-0.25, -0.2) is 0 Å². The molecule has 0 amide bonds. The van der Waals surface area contributed by atoms with Gasteiger partial charge in [0.1, 0.15) is 6.04 Å². The molecule has 0 bridgehead atoms. The van der Waals surface area contributed by atoms with Crippen molar-refractivity contribution in [3.05, 3.63) is 35.4 Å². The van der Waals surface area contributed by atoms with E-state index >= 15 is 0 Å². The van der Waals surface area contributed by atoms with Gasteiger partial charge in [0.25, 0.3) is 0 Å². The lowest BCUT2D eigenvalue weighted by Gasteiger charge is -2.10. The molecule has 2 N–H and O–H groups in total. The lowest BCUT2D eigenvalue weighted by molar-refractivity contribution is -0.676. The number of halogens is 3. The molecule has 4 heteroatoms. The molecule has 0 spiro atoms. The van der Waals surface area contributed by atoms with Crippen molar-refractivity contribution in [3.8, 4) is 0 Å². The van der Waals surface area contributed by atoms with Crippen LogP contribution in [0.25, 0.3) is 0 Å². The Balaban J connectivity index is 2.16. The second-order valence-electron chi connectivity index (χ2n) is 3.89. The summed E-state index contributed by atoms with van der Waals surface area (Å²) in [5, 5.41) is 2.18. The van der Waals surface area contributed by atoms with Gasteiger partial charge in [0.15, 0.2) is 0 Å². The van der Waals surface area contributed by atoms with Crippen LogP contribution < -0.4 is 5.32 Å². The molecular weight excluding hydrogens is 203 g/mol. The van der Waals surface area contributed by atoms with Crippen LogP contribution in [-0.2, 0) is 6.18 Å². The molecule has 1 aromatic rings. The zero-order chi connectivity index (χ0) is 10.9. The van der Waals surface area contributed by atoms with Gasteiger partial charge in [0.2, 0.25) is 0 Å². The second kappa shape index (κ2) is 3.85. The van der Waals surface area contributed by atoms with Gasteiger partial charge in [0, 0.05) is 18.4 Å². The van der Waals surface area contributed by atoms with Crippen LogP contribution >= 0.6 is 0 Å². The maximum atomic E-state index is 12.3. The molecule has 0 radical (unpaired) electrons. The highest BCUT2D eigenvalue weighted by Gasteiger charge is 2.30. The van der Waals surface area contributed by atoms with Gasteiger partial charge in [-0.15, -0.1) is 0 Å². The van der Waals surface area contributed by atoms with Crippen molar-refractivity contribution in [1.82, 2.24) is 0 Å². The molecule has 1 aliphatic heterocycles.